The maximum absolute atomic E-state index is 11.3. The van der Waals surface area contributed by atoms with Gasteiger partial charge in [0.1, 0.15) is 0 Å². The third kappa shape index (κ3) is 5.51. The van der Waals surface area contributed by atoms with Gasteiger partial charge in [-0.2, -0.15) is 0 Å². The number of carbonyl (C=O) groups is 2. The standard InChI is InChI=1S/C13H15NO3/c1-10-2-4-11(5-3-10)6-7-12(15)14-9-8-13(16)17/h2-7H,8-9H2,1H3,(H,14,15)(H,16,17). The Morgan fingerprint density at radius 2 is 1.94 bits per heavy atom. The molecule has 90 valence electrons. The summed E-state index contributed by atoms with van der Waals surface area (Å²) in [5, 5.41) is 10.9. The molecule has 0 spiro atoms. The van der Waals surface area contributed by atoms with Crippen LogP contribution in [0.25, 0.3) is 6.08 Å². The third-order valence-corrected chi connectivity index (χ3v) is 2.14. The molecule has 0 saturated carbocycles. The lowest BCUT2D eigenvalue weighted by molar-refractivity contribution is -0.136. The summed E-state index contributed by atoms with van der Waals surface area (Å²) in [6, 6.07) is 7.75. The first-order chi connectivity index (χ1) is 8.08. The molecule has 1 aromatic rings. The molecule has 0 radical (unpaired) electrons. The van der Waals surface area contributed by atoms with E-state index in [9.17, 15) is 9.59 Å². The van der Waals surface area contributed by atoms with E-state index in [2.05, 4.69) is 5.32 Å². The minimum absolute atomic E-state index is 0.0654. The molecule has 1 rings (SSSR count). The predicted octanol–water partition coefficient (Wildman–Crippen LogP) is 1.60. The fourth-order valence-corrected chi connectivity index (χ4v) is 1.20. The molecule has 17 heavy (non-hydrogen) atoms. The summed E-state index contributed by atoms with van der Waals surface area (Å²) in [6.07, 6.45) is 3.02. The minimum Gasteiger partial charge on any atom is -0.481 e. The fraction of sp³-hybridized carbons (Fsp3) is 0.231. The van der Waals surface area contributed by atoms with Crippen molar-refractivity contribution in [1.82, 2.24) is 5.32 Å². The summed E-state index contributed by atoms with van der Waals surface area (Å²) in [7, 11) is 0. The van der Waals surface area contributed by atoms with E-state index >= 15 is 0 Å². The number of aryl methyl sites for hydroxylation is 1. The van der Waals surface area contributed by atoms with Crippen molar-refractivity contribution in [2.45, 2.75) is 13.3 Å². The van der Waals surface area contributed by atoms with Crippen molar-refractivity contribution in [2.24, 2.45) is 0 Å². The van der Waals surface area contributed by atoms with Gasteiger partial charge in [-0.15, -0.1) is 0 Å². The second-order valence-electron chi connectivity index (χ2n) is 3.68. The topological polar surface area (TPSA) is 66.4 Å². The second kappa shape index (κ2) is 6.48. The molecule has 0 atom stereocenters. The van der Waals surface area contributed by atoms with Gasteiger partial charge in [-0.25, -0.2) is 0 Å². The molecule has 0 aliphatic heterocycles. The van der Waals surface area contributed by atoms with Crippen molar-refractivity contribution in [2.75, 3.05) is 6.54 Å². The predicted molar refractivity (Wildman–Crippen MR) is 65.5 cm³/mol. The number of aliphatic carboxylic acids is 1. The van der Waals surface area contributed by atoms with Gasteiger partial charge in [-0.3, -0.25) is 9.59 Å². The van der Waals surface area contributed by atoms with Gasteiger partial charge in [0.2, 0.25) is 5.91 Å². The first-order valence-corrected chi connectivity index (χ1v) is 5.32. The van der Waals surface area contributed by atoms with Crippen LogP contribution < -0.4 is 5.32 Å². The molecular formula is C13H15NO3. The molecule has 0 aliphatic rings. The third-order valence-electron chi connectivity index (χ3n) is 2.14. The zero-order chi connectivity index (χ0) is 12.7. The Bertz CT molecular complexity index is 421. The van der Waals surface area contributed by atoms with E-state index in [0.29, 0.717) is 0 Å². The number of nitrogens with one attached hydrogen (secondary N) is 1. The summed E-state index contributed by atoms with van der Waals surface area (Å²) >= 11 is 0. The maximum Gasteiger partial charge on any atom is 0.305 e. The Morgan fingerprint density at radius 1 is 1.29 bits per heavy atom. The highest BCUT2D eigenvalue weighted by Gasteiger charge is 1.98. The van der Waals surface area contributed by atoms with E-state index in [0.717, 1.165) is 11.1 Å². The first kappa shape index (κ1) is 13.0. The van der Waals surface area contributed by atoms with Crippen LogP contribution in [0.5, 0.6) is 0 Å². The number of carboxylic acids is 1. The molecule has 0 saturated heterocycles. The maximum atomic E-state index is 11.3. The normalized spacial score (nSPS) is 10.4. The Kier molecular flexibility index (Phi) is 4.94. The van der Waals surface area contributed by atoms with Gasteiger partial charge < -0.3 is 10.4 Å². The number of carbonyl (C=O) groups excluding carboxylic acids is 1. The molecule has 0 bridgehead atoms. The van der Waals surface area contributed by atoms with E-state index in [1.165, 1.54) is 6.08 Å². The number of benzene rings is 1. The number of carboxylic acid groups (broad SMARTS) is 1. The van der Waals surface area contributed by atoms with Crippen LogP contribution in [0.15, 0.2) is 30.3 Å². The van der Waals surface area contributed by atoms with Gasteiger partial charge in [0.15, 0.2) is 0 Å². The smallest absolute Gasteiger partial charge is 0.305 e. The van der Waals surface area contributed by atoms with Crippen molar-refractivity contribution < 1.29 is 14.7 Å². The van der Waals surface area contributed by atoms with Gasteiger partial charge >= 0.3 is 5.97 Å². The molecular weight excluding hydrogens is 218 g/mol. The number of hydrogen-bond acceptors (Lipinski definition) is 2. The van der Waals surface area contributed by atoms with Crippen LogP contribution >= 0.6 is 0 Å². The summed E-state index contributed by atoms with van der Waals surface area (Å²) < 4.78 is 0. The molecule has 0 aromatic heterocycles. The molecule has 4 heteroatoms. The Labute approximate surface area is 100.0 Å². The average molecular weight is 233 g/mol. The lowest BCUT2D eigenvalue weighted by atomic mass is 10.1. The van der Waals surface area contributed by atoms with E-state index < -0.39 is 5.97 Å². The van der Waals surface area contributed by atoms with Crippen molar-refractivity contribution >= 4 is 18.0 Å². The highest BCUT2D eigenvalue weighted by molar-refractivity contribution is 5.91. The van der Waals surface area contributed by atoms with Gasteiger partial charge in [0.05, 0.1) is 6.42 Å². The highest BCUT2D eigenvalue weighted by Crippen LogP contribution is 2.04. The van der Waals surface area contributed by atoms with Crippen LogP contribution in [-0.4, -0.2) is 23.5 Å². The van der Waals surface area contributed by atoms with Crippen LogP contribution in [0.1, 0.15) is 17.5 Å². The molecule has 0 heterocycles. The number of rotatable bonds is 5. The molecule has 0 fully saturated rings. The zero-order valence-electron chi connectivity index (χ0n) is 9.64. The average Bonchev–Trinajstić information content (AvgIpc) is 2.28. The van der Waals surface area contributed by atoms with E-state index in [4.69, 9.17) is 5.11 Å². The van der Waals surface area contributed by atoms with Gasteiger partial charge in [-0.1, -0.05) is 29.8 Å². The van der Waals surface area contributed by atoms with Crippen molar-refractivity contribution in [3.8, 4) is 0 Å². The van der Waals surface area contributed by atoms with E-state index in [1.54, 1.807) is 6.08 Å². The summed E-state index contributed by atoms with van der Waals surface area (Å²) in [5.41, 5.74) is 2.09. The monoisotopic (exact) mass is 233 g/mol. The second-order valence-corrected chi connectivity index (χ2v) is 3.68. The van der Waals surface area contributed by atoms with E-state index in [-0.39, 0.29) is 18.9 Å². The van der Waals surface area contributed by atoms with Gasteiger partial charge in [0, 0.05) is 12.6 Å². The summed E-state index contributed by atoms with van der Waals surface area (Å²) in [6.45, 7) is 2.14. The Hall–Kier alpha value is -2.10. The van der Waals surface area contributed by atoms with Crippen molar-refractivity contribution in [3.05, 3.63) is 41.5 Å². The quantitative estimate of drug-likeness (QED) is 0.759. The molecule has 4 nitrogen and oxygen atoms in total. The molecule has 0 unspecified atom stereocenters. The van der Waals surface area contributed by atoms with Crippen LogP contribution in [0.2, 0.25) is 0 Å². The number of hydrogen-bond donors (Lipinski definition) is 2. The van der Waals surface area contributed by atoms with Crippen LogP contribution in [0.3, 0.4) is 0 Å². The van der Waals surface area contributed by atoms with Crippen LogP contribution in [0, 0.1) is 6.92 Å². The van der Waals surface area contributed by atoms with Crippen LogP contribution in [0.4, 0.5) is 0 Å². The fourth-order valence-electron chi connectivity index (χ4n) is 1.20. The Balaban J connectivity index is 2.40. The first-order valence-electron chi connectivity index (χ1n) is 5.32. The minimum atomic E-state index is -0.923. The highest BCUT2D eigenvalue weighted by atomic mass is 16.4. The molecule has 0 aliphatic carbocycles. The lowest BCUT2D eigenvalue weighted by Crippen LogP contribution is -2.23. The Morgan fingerprint density at radius 3 is 2.53 bits per heavy atom. The summed E-state index contributed by atoms with van der Waals surface area (Å²) in [4.78, 5) is 21.5. The lowest BCUT2D eigenvalue weighted by Gasteiger charge is -1.98. The van der Waals surface area contributed by atoms with Crippen molar-refractivity contribution in [3.63, 3.8) is 0 Å². The zero-order valence-corrected chi connectivity index (χ0v) is 9.64. The SMILES string of the molecule is Cc1ccc(C=CC(=O)NCCC(=O)O)cc1. The number of amides is 1. The molecule has 1 amide bonds. The van der Waals surface area contributed by atoms with Gasteiger partial charge in [-0.05, 0) is 18.6 Å². The van der Waals surface area contributed by atoms with Crippen molar-refractivity contribution in [1.29, 1.82) is 0 Å². The van der Waals surface area contributed by atoms with Crippen LogP contribution in [-0.2, 0) is 9.59 Å². The summed E-state index contributed by atoms with van der Waals surface area (Å²) in [5.74, 6) is -1.21. The molecule has 2 N–H and O–H groups in total. The van der Waals surface area contributed by atoms with E-state index in [1.807, 2.05) is 31.2 Å². The largest absolute Gasteiger partial charge is 0.481 e. The molecule has 1 aromatic carbocycles. The van der Waals surface area contributed by atoms with Gasteiger partial charge in [0.25, 0.3) is 0 Å².